The zero-order chi connectivity index (χ0) is 27.2. The number of nitrogen functional groups attached to an aromatic ring is 2. The fraction of sp³-hybridized carbons (Fsp3) is 0.143. The third kappa shape index (κ3) is 5.66. The van der Waals surface area contributed by atoms with Crippen molar-refractivity contribution >= 4 is 11.4 Å². The number of anilines is 2. The van der Waals surface area contributed by atoms with Crippen LogP contribution in [0.1, 0.15) is 16.7 Å². The number of halogens is 11. The topological polar surface area (TPSA) is 70.5 Å². The van der Waals surface area contributed by atoms with E-state index in [-0.39, 0.29) is 24.3 Å². The second kappa shape index (κ2) is 8.95. The minimum atomic E-state index is -5.29. The molecule has 0 radical (unpaired) electrons. The maximum Gasteiger partial charge on any atom is 0.420 e. The molecule has 194 valence electrons. The van der Waals surface area contributed by atoms with Crippen LogP contribution >= 0.6 is 0 Å². The SMILES string of the molecule is Nc1cc(Oc2ccc(C(F)(F)F)c(Oc3cc(N)c(F)cc3C(F)(F)F)c2)c(C(F)(F)F)cc1F. The first-order valence-electron chi connectivity index (χ1n) is 9.27. The molecule has 4 nitrogen and oxygen atoms in total. The van der Waals surface area contributed by atoms with Crippen LogP contribution in [0.15, 0.2) is 42.5 Å². The van der Waals surface area contributed by atoms with Crippen LogP contribution < -0.4 is 20.9 Å². The van der Waals surface area contributed by atoms with Crippen LogP contribution in [-0.2, 0) is 18.5 Å². The molecule has 0 bridgehead atoms. The Bertz CT molecular complexity index is 1300. The van der Waals surface area contributed by atoms with E-state index in [0.717, 1.165) is 0 Å². The van der Waals surface area contributed by atoms with Gasteiger partial charge in [-0.2, -0.15) is 39.5 Å². The summed E-state index contributed by atoms with van der Waals surface area (Å²) in [5.41, 5.74) is 3.61. The lowest BCUT2D eigenvalue weighted by molar-refractivity contribution is -0.140. The number of nitrogens with two attached hydrogens (primary N) is 2. The second-order valence-electron chi connectivity index (χ2n) is 7.10. The van der Waals surface area contributed by atoms with Crippen LogP contribution in [0.25, 0.3) is 0 Å². The van der Waals surface area contributed by atoms with Crippen LogP contribution in [0.5, 0.6) is 23.0 Å². The Balaban J connectivity index is 2.14. The Morgan fingerprint density at radius 2 is 0.889 bits per heavy atom. The predicted octanol–water partition coefficient (Wildman–Crippen LogP) is 7.77. The molecule has 3 rings (SSSR count). The lowest BCUT2D eigenvalue weighted by Crippen LogP contribution is -2.11. The fourth-order valence-corrected chi connectivity index (χ4v) is 2.88. The predicted molar refractivity (Wildman–Crippen MR) is 103 cm³/mol. The third-order valence-electron chi connectivity index (χ3n) is 4.51. The maximum absolute atomic E-state index is 13.6. The van der Waals surface area contributed by atoms with E-state index in [4.69, 9.17) is 20.9 Å². The minimum Gasteiger partial charge on any atom is -0.457 e. The molecule has 0 aliphatic rings. The average Bonchev–Trinajstić information content (AvgIpc) is 2.70. The normalized spacial score (nSPS) is 12.5. The van der Waals surface area contributed by atoms with E-state index in [1.54, 1.807) is 0 Å². The first kappa shape index (κ1) is 26.7. The van der Waals surface area contributed by atoms with Crippen molar-refractivity contribution in [3.8, 4) is 23.0 Å². The molecule has 0 saturated heterocycles. The van der Waals surface area contributed by atoms with Crippen molar-refractivity contribution in [3.63, 3.8) is 0 Å². The number of rotatable bonds is 4. The molecule has 0 unspecified atom stereocenters. The molecular formula is C21H11F11N2O2. The number of hydrogen-bond acceptors (Lipinski definition) is 4. The highest BCUT2D eigenvalue weighted by atomic mass is 19.4. The van der Waals surface area contributed by atoms with Gasteiger partial charge in [0, 0.05) is 18.2 Å². The molecule has 0 spiro atoms. The quantitative estimate of drug-likeness (QED) is 0.266. The highest BCUT2D eigenvalue weighted by molar-refractivity contribution is 5.55. The van der Waals surface area contributed by atoms with Crippen LogP contribution in [0.4, 0.5) is 59.7 Å². The van der Waals surface area contributed by atoms with Crippen LogP contribution in [0.2, 0.25) is 0 Å². The van der Waals surface area contributed by atoms with Crippen molar-refractivity contribution in [3.05, 3.63) is 70.8 Å². The van der Waals surface area contributed by atoms with Gasteiger partial charge in [0.05, 0.1) is 16.9 Å². The van der Waals surface area contributed by atoms with Gasteiger partial charge in [0.2, 0.25) is 0 Å². The second-order valence-corrected chi connectivity index (χ2v) is 7.10. The third-order valence-corrected chi connectivity index (χ3v) is 4.51. The Kier molecular flexibility index (Phi) is 6.63. The molecule has 4 N–H and O–H groups in total. The molecule has 0 heterocycles. The van der Waals surface area contributed by atoms with Crippen LogP contribution in [0.3, 0.4) is 0 Å². The van der Waals surface area contributed by atoms with Crippen LogP contribution in [0, 0.1) is 11.6 Å². The summed E-state index contributed by atoms with van der Waals surface area (Å²) in [6.45, 7) is 0. The first-order valence-corrected chi connectivity index (χ1v) is 9.27. The fourth-order valence-electron chi connectivity index (χ4n) is 2.88. The number of ether oxygens (including phenoxy) is 2. The number of alkyl halides is 9. The molecule has 0 aliphatic heterocycles. The van der Waals surface area contributed by atoms with Gasteiger partial charge in [-0.15, -0.1) is 0 Å². The molecule has 0 amide bonds. The van der Waals surface area contributed by atoms with E-state index >= 15 is 0 Å². The number of hydrogen-bond donors (Lipinski definition) is 2. The molecule has 36 heavy (non-hydrogen) atoms. The van der Waals surface area contributed by atoms with Crippen molar-refractivity contribution in [2.75, 3.05) is 11.5 Å². The summed E-state index contributed by atoms with van der Waals surface area (Å²) in [6.07, 6.45) is -15.7. The summed E-state index contributed by atoms with van der Waals surface area (Å²) in [5, 5.41) is 0. The smallest absolute Gasteiger partial charge is 0.420 e. The van der Waals surface area contributed by atoms with Crippen molar-refractivity contribution in [2.24, 2.45) is 0 Å². The molecule has 0 atom stereocenters. The van der Waals surface area contributed by atoms with Crippen molar-refractivity contribution in [2.45, 2.75) is 18.5 Å². The Labute approximate surface area is 193 Å². The highest BCUT2D eigenvalue weighted by Gasteiger charge is 2.39. The molecule has 0 fully saturated rings. The first-order chi connectivity index (χ1) is 16.4. The molecule has 3 aromatic rings. The summed E-state index contributed by atoms with van der Waals surface area (Å²) >= 11 is 0. The molecule has 0 saturated carbocycles. The molecule has 0 aromatic heterocycles. The Morgan fingerprint density at radius 1 is 0.500 bits per heavy atom. The highest BCUT2D eigenvalue weighted by Crippen LogP contribution is 2.46. The van der Waals surface area contributed by atoms with Crippen LogP contribution in [-0.4, -0.2) is 0 Å². The summed E-state index contributed by atoms with van der Waals surface area (Å²) in [6, 6.07) is 1.72. The lowest BCUT2D eigenvalue weighted by Gasteiger charge is -2.19. The zero-order valence-corrected chi connectivity index (χ0v) is 17.2. The van der Waals surface area contributed by atoms with Gasteiger partial charge >= 0.3 is 18.5 Å². The molecular weight excluding hydrogens is 521 g/mol. The largest absolute Gasteiger partial charge is 0.457 e. The minimum absolute atomic E-state index is 0.0109. The summed E-state index contributed by atoms with van der Waals surface area (Å²) in [5.74, 6) is -7.56. The summed E-state index contributed by atoms with van der Waals surface area (Å²) in [7, 11) is 0. The lowest BCUT2D eigenvalue weighted by atomic mass is 10.1. The van der Waals surface area contributed by atoms with E-state index in [2.05, 4.69) is 0 Å². The van der Waals surface area contributed by atoms with Crippen molar-refractivity contribution in [1.29, 1.82) is 0 Å². The van der Waals surface area contributed by atoms with E-state index in [9.17, 15) is 48.3 Å². The Hall–Kier alpha value is -3.91. The zero-order valence-electron chi connectivity index (χ0n) is 17.2. The molecule has 3 aromatic carbocycles. The standard InChI is InChI=1S/C21H11F11N2O2/c22-12-4-10(20(27,28)29)17(6-14(12)33)35-8-1-2-9(19(24,25)26)16(3-8)36-18-7-15(34)13(23)5-11(18)21(30,31)32/h1-7H,33-34H2. The average molecular weight is 532 g/mol. The number of benzene rings is 3. The van der Waals surface area contributed by atoms with Gasteiger partial charge in [0.25, 0.3) is 0 Å². The van der Waals surface area contributed by atoms with Crippen molar-refractivity contribution < 1.29 is 57.8 Å². The van der Waals surface area contributed by atoms with Gasteiger partial charge in [0.1, 0.15) is 45.8 Å². The van der Waals surface area contributed by atoms with Gasteiger partial charge in [-0.3, -0.25) is 0 Å². The Morgan fingerprint density at radius 3 is 1.31 bits per heavy atom. The van der Waals surface area contributed by atoms with Crippen molar-refractivity contribution in [1.82, 2.24) is 0 Å². The van der Waals surface area contributed by atoms with Gasteiger partial charge in [-0.1, -0.05) is 0 Å². The monoisotopic (exact) mass is 532 g/mol. The van der Waals surface area contributed by atoms with Gasteiger partial charge < -0.3 is 20.9 Å². The summed E-state index contributed by atoms with van der Waals surface area (Å²) < 4.78 is 157. The molecule has 15 heteroatoms. The molecule has 0 aliphatic carbocycles. The van der Waals surface area contributed by atoms with E-state index < -0.39 is 81.2 Å². The summed E-state index contributed by atoms with van der Waals surface area (Å²) in [4.78, 5) is 0. The van der Waals surface area contributed by atoms with Gasteiger partial charge in [-0.25, -0.2) is 8.78 Å². The van der Waals surface area contributed by atoms with E-state index in [1.165, 1.54) is 0 Å². The maximum atomic E-state index is 13.6. The van der Waals surface area contributed by atoms with E-state index in [1.807, 2.05) is 0 Å². The van der Waals surface area contributed by atoms with Gasteiger partial charge in [0.15, 0.2) is 0 Å². The van der Waals surface area contributed by atoms with E-state index in [0.29, 0.717) is 18.2 Å². The van der Waals surface area contributed by atoms with Gasteiger partial charge in [-0.05, 0) is 24.3 Å².